The molecule has 4 rings (SSSR count). The molecule has 0 aliphatic carbocycles. The molecule has 3 aromatic carbocycles. The van der Waals surface area contributed by atoms with Gasteiger partial charge in [0.05, 0.1) is 11.1 Å². The van der Waals surface area contributed by atoms with Crippen LogP contribution in [0.4, 0.5) is 17.6 Å². The van der Waals surface area contributed by atoms with Crippen molar-refractivity contribution in [2.24, 2.45) is 0 Å². The molecule has 37 heavy (non-hydrogen) atoms. The summed E-state index contributed by atoms with van der Waals surface area (Å²) in [6.07, 6.45) is -1.62. The minimum Gasteiger partial charge on any atom is -0.448 e. The quantitative estimate of drug-likeness (QED) is 0.250. The van der Waals surface area contributed by atoms with Crippen LogP contribution in [0.3, 0.4) is 0 Å². The van der Waals surface area contributed by atoms with Crippen LogP contribution in [0.2, 0.25) is 0 Å². The summed E-state index contributed by atoms with van der Waals surface area (Å²) < 4.78 is 59.2. The van der Waals surface area contributed by atoms with Crippen molar-refractivity contribution in [3.8, 4) is 0 Å². The third-order valence-electron chi connectivity index (χ3n) is 5.62. The highest BCUT2D eigenvalue weighted by Crippen LogP contribution is 2.35. The molecule has 1 amide bonds. The number of nitrogens with zero attached hydrogens (tertiary/aromatic N) is 1. The molecule has 0 spiro atoms. The number of rotatable bonds is 5. The minimum absolute atomic E-state index is 0.179. The number of esters is 1. The van der Waals surface area contributed by atoms with Gasteiger partial charge in [-0.15, -0.1) is 0 Å². The molecule has 0 saturated carbocycles. The van der Waals surface area contributed by atoms with Crippen molar-refractivity contribution in [3.63, 3.8) is 0 Å². The Morgan fingerprint density at radius 1 is 0.919 bits per heavy atom. The summed E-state index contributed by atoms with van der Waals surface area (Å²) in [6.45, 7) is 0. The number of hydrogen-bond donors (Lipinski definition) is 0. The molecule has 9 heteroatoms. The van der Waals surface area contributed by atoms with E-state index in [2.05, 4.69) is 0 Å². The molecule has 0 bridgehead atoms. The number of alkyl halides is 3. The third kappa shape index (κ3) is 5.83. The fraction of sp³-hybridized carbons (Fsp3) is 0.107. The van der Waals surface area contributed by atoms with Crippen molar-refractivity contribution in [1.29, 1.82) is 0 Å². The molecule has 1 aliphatic rings. The van der Waals surface area contributed by atoms with Crippen molar-refractivity contribution in [3.05, 3.63) is 125 Å². The molecule has 0 radical (unpaired) electrons. The summed E-state index contributed by atoms with van der Waals surface area (Å²) in [5.74, 6) is -3.95. The maximum absolute atomic E-state index is 13.5. The second kappa shape index (κ2) is 10.6. The van der Waals surface area contributed by atoms with E-state index in [-0.39, 0.29) is 6.07 Å². The smallest absolute Gasteiger partial charge is 0.417 e. The van der Waals surface area contributed by atoms with Gasteiger partial charge in [0.25, 0.3) is 5.91 Å². The summed E-state index contributed by atoms with van der Waals surface area (Å²) in [6, 6.07) is 17.5. The summed E-state index contributed by atoms with van der Waals surface area (Å²) >= 11 is 0. The summed E-state index contributed by atoms with van der Waals surface area (Å²) in [5.41, 5.74) is -1.34. The van der Waals surface area contributed by atoms with E-state index < -0.39 is 52.9 Å². The average molecular weight is 509 g/mol. The van der Waals surface area contributed by atoms with Gasteiger partial charge in [0.2, 0.25) is 0 Å². The molecular formula is C28H19F4NO4. The fourth-order valence-corrected chi connectivity index (χ4v) is 3.89. The predicted molar refractivity (Wildman–Crippen MR) is 126 cm³/mol. The Hall–Kier alpha value is -4.53. The van der Waals surface area contributed by atoms with Crippen LogP contribution in [0.5, 0.6) is 0 Å². The molecule has 0 fully saturated rings. The van der Waals surface area contributed by atoms with Crippen LogP contribution in [0.25, 0.3) is 6.08 Å². The van der Waals surface area contributed by atoms with Crippen LogP contribution in [0.1, 0.15) is 33.1 Å². The first-order valence-electron chi connectivity index (χ1n) is 11.1. The third-order valence-corrected chi connectivity index (χ3v) is 5.62. The van der Waals surface area contributed by atoms with Crippen LogP contribution < -0.4 is 0 Å². The lowest BCUT2D eigenvalue weighted by atomic mass is 9.93. The fourth-order valence-electron chi connectivity index (χ4n) is 3.89. The largest absolute Gasteiger partial charge is 0.448 e. The number of carbonyl (C=O) groups excluding carboxylic acids is 3. The van der Waals surface area contributed by atoms with Crippen molar-refractivity contribution in [2.75, 3.05) is 0 Å². The van der Waals surface area contributed by atoms with Crippen LogP contribution in [-0.2, 0) is 20.5 Å². The van der Waals surface area contributed by atoms with E-state index in [4.69, 9.17) is 4.74 Å². The first kappa shape index (κ1) is 25.6. The Balaban J connectivity index is 1.69. The van der Waals surface area contributed by atoms with Gasteiger partial charge < -0.3 is 9.64 Å². The van der Waals surface area contributed by atoms with Crippen molar-refractivity contribution >= 4 is 23.7 Å². The Bertz CT molecular complexity index is 1370. The molecule has 1 aliphatic heterocycles. The first-order valence-corrected chi connectivity index (χ1v) is 11.1. The van der Waals surface area contributed by atoms with Gasteiger partial charge in [-0.05, 0) is 35.4 Å². The number of ketones is 1. The summed E-state index contributed by atoms with van der Waals surface area (Å²) in [7, 11) is 0. The molecule has 0 N–H and O–H groups in total. The minimum atomic E-state index is -5.05. The van der Waals surface area contributed by atoms with Gasteiger partial charge in [0, 0.05) is 18.4 Å². The number of benzene rings is 3. The van der Waals surface area contributed by atoms with E-state index in [1.165, 1.54) is 17.2 Å². The normalized spacial score (nSPS) is 17.7. The zero-order valence-electron chi connectivity index (χ0n) is 19.1. The van der Waals surface area contributed by atoms with Gasteiger partial charge in [-0.1, -0.05) is 60.7 Å². The molecule has 0 aromatic heterocycles. The van der Waals surface area contributed by atoms with E-state index in [0.29, 0.717) is 17.7 Å². The van der Waals surface area contributed by atoms with Crippen LogP contribution >= 0.6 is 0 Å². The lowest BCUT2D eigenvalue weighted by Gasteiger charge is -2.36. The van der Waals surface area contributed by atoms with E-state index in [1.54, 1.807) is 60.7 Å². The zero-order valence-corrected chi connectivity index (χ0v) is 19.1. The number of halogens is 4. The average Bonchev–Trinajstić information content (AvgIpc) is 2.88. The predicted octanol–water partition coefficient (Wildman–Crippen LogP) is 5.75. The highest BCUT2D eigenvalue weighted by molar-refractivity contribution is 6.01. The highest BCUT2D eigenvalue weighted by atomic mass is 19.4. The molecule has 5 nitrogen and oxygen atoms in total. The van der Waals surface area contributed by atoms with Crippen molar-refractivity contribution in [1.82, 2.24) is 4.90 Å². The lowest BCUT2D eigenvalue weighted by Crippen LogP contribution is -2.45. The highest BCUT2D eigenvalue weighted by Gasteiger charge is 2.42. The molecule has 1 heterocycles. The molecule has 0 unspecified atom stereocenters. The van der Waals surface area contributed by atoms with Gasteiger partial charge in [0.1, 0.15) is 11.9 Å². The second-order valence-electron chi connectivity index (χ2n) is 8.08. The topological polar surface area (TPSA) is 63.7 Å². The maximum atomic E-state index is 13.5. The van der Waals surface area contributed by atoms with Gasteiger partial charge in [-0.25, -0.2) is 9.18 Å². The Kier molecular flexibility index (Phi) is 7.33. The van der Waals surface area contributed by atoms with E-state index >= 15 is 0 Å². The summed E-state index contributed by atoms with van der Waals surface area (Å²) in [4.78, 5) is 40.0. The van der Waals surface area contributed by atoms with E-state index in [9.17, 15) is 31.9 Å². The molecular weight excluding hydrogens is 490 g/mol. The van der Waals surface area contributed by atoms with Gasteiger partial charge in [-0.2, -0.15) is 13.2 Å². The molecule has 2 atom stereocenters. The van der Waals surface area contributed by atoms with E-state index in [0.717, 1.165) is 11.6 Å². The number of hydrogen-bond acceptors (Lipinski definition) is 4. The van der Waals surface area contributed by atoms with Gasteiger partial charge in [0.15, 0.2) is 11.9 Å². The number of ether oxygens (including phenoxy) is 1. The molecule has 3 aromatic rings. The zero-order chi connectivity index (χ0) is 26.6. The van der Waals surface area contributed by atoms with Crippen LogP contribution in [0, 0.1) is 5.82 Å². The van der Waals surface area contributed by atoms with Crippen LogP contribution in [0.15, 0.2) is 97.2 Å². The second-order valence-corrected chi connectivity index (χ2v) is 8.08. The SMILES string of the molecule is O=C(O[C@H]1C(=O)C=CN(C(=O)/C=C/c2ccccc2)[C@@H]1c1ccccc1)c1ccc(F)cc1C(F)(F)F. The number of amides is 1. The lowest BCUT2D eigenvalue weighted by molar-refractivity contribution is -0.138. The standard InChI is InChI=1S/C28H19F4NO4/c29-20-12-13-21(22(17-20)28(30,31)32)27(36)37-26-23(34)15-16-33(25(26)19-9-5-2-6-10-19)24(35)14-11-18-7-3-1-4-8-18/h1-17,25-26H/b14-11+/t25-,26+/m1/s1. The van der Waals surface area contributed by atoms with Gasteiger partial charge in [-0.3, -0.25) is 9.59 Å². The molecule has 0 saturated heterocycles. The Morgan fingerprint density at radius 2 is 1.57 bits per heavy atom. The van der Waals surface area contributed by atoms with Crippen molar-refractivity contribution < 1.29 is 36.7 Å². The van der Waals surface area contributed by atoms with Crippen molar-refractivity contribution in [2.45, 2.75) is 18.3 Å². The van der Waals surface area contributed by atoms with Gasteiger partial charge >= 0.3 is 12.1 Å². The van der Waals surface area contributed by atoms with Crippen LogP contribution in [-0.4, -0.2) is 28.7 Å². The summed E-state index contributed by atoms with van der Waals surface area (Å²) in [5, 5.41) is 0. The Morgan fingerprint density at radius 3 is 2.22 bits per heavy atom. The molecule has 188 valence electrons. The van der Waals surface area contributed by atoms with E-state index in [1.807, 2.05) is 6.07 Å². The first-order chi connectivity index (χ1) is 17.6. The maximum Gasteiger partial charge on any atom is 0.417 e. The Labute approximate surface area is 209 Å². The number of carbonyl (C=O) groups is 3. The monoisotopic (exact) mass is 509 g/mol.